The zero-order chi connectivity index (χ0) is 39.2. The first kappa shape index (κ1) is 44.8. The van der Waals surface area contributed by atoms with Crippen LogP contribution in [0.2, 0.25) is 0 Å². The molecule has 4 aromatic rings. The molecule has 1 N–H and O–H groups in total. The number of hydrogen-bond acceptors (Lipinski definition) is 7. The minimum absolute atomic E-state index is 0. The van der Waals surface area contributed by atoms with Crippen molar-refractivity contribution in [2.75, 3.05) is 59.1 Å². The molecule has 2 aliphatic rings. The number of benzene rings is 4. The highest BCUT2D eigenvalue weighted by atomic mass is 35.5. The van der Waals surface area contributed by atoms with Crippen LogP contribution in [0.25, 0.3) is 11.1 Å². The average Bonchev–Trinajstić information content (AvgIpc) is 3.25. The van der Waals surface area contributed by atoms with Gasteiger partial charge >= 0.3 is 11.9 Å². The van der Waals surface area contributed by atoms with Crippen LogP contribution in [-0.2, 0) is 23.8 Å². The molecule has 2 aliphatic heterocycles. The maximum absolute atomic E-state index is 12.0. The Morgan fingerprint density at radius 2 is 0.982 bits per heavy atom. The lowest BCUT2D eigenvalue weighted by Gasteiger charge is -2.31. The van der Waals surface area contributed by atoms with Gasteiger partial charge in [0, 0.05) is 37.3 Å². The standard InChI is InChI=1S/C25H31NO3.C23H27NO3.ClH/c1-2-29-25(27)23-15-9-16-26(19-23)17-10-18-28-20-24(21-11-5-3-6-12-21)22-13-7-4-8-14-22;25-23(26)21-13-7-14-24(17-21)15-8-16-27-18-22(19-9-3-1-4-10-19)20-11-5-2-6-12-20;/h3-8,11-14,20,23H,2,9-10,15-19H2,1H3;1-6,9-12,18,21H,7-8,13-17H2,(H,25,26);1H/t23-;21-;/m11./s1. The number of carbonyl (C=O) groups excluding carboxylic acids is 1. The van der Waals surface area contributed by atoms with E-state index < -0.39 is 5.97 Å². The zero-order valence-corrected chi connectivity index (χ0v) is 34.1. The molecule has 2 heterocycles. The number of aliphatic carboxylic acids is 1. The highest BCUT2D eigenvalue weighted by Crippen LogP contribution is 2.25. The molecule has 0 bridgehead atoms. The Balaban J connectivity index is 0.000000249. The van der Waals surface area contributed by atoms with Crippen molar-refractivity contribution in [1.29, 1.82) is 0 Å². The summed E-state index contributed by atoms with van der Waals surface area (Å²) in [6, 6.07) is 41.1. The molecule has 0 aromatic heterocycles. The average molecular weight is 795 g/mol. The molecule has 4 aromatic carbocycles. The minimum Gasteiger partial charge on any atom is -0.500 e. The van der Waals surface area contributed by atoms with Crippen LogP contribution in [0.4, 0.5) is 0 Å². The van der Waals surface area contributed by atoms with Gasteiger partial charge in [-0.05, 0) is 80.8 Å². The first-order valence-electron chi connectivity index (χ1n) is 20.2. The first-order chi connectivity index (χ1) is 27.5. The zero-order valence-electron chi connectivity index (χ0n) is 33.3. The van der Waals surface area contributed by atoms with E-state index in [0.717, 1.165) is 105 Å². The summed E-state index contributed by atoms with van der Waals surface area (Å²) in [5.74, 6) is -0.921. The Kier molecular flexibility index (Phi) is 20.0. The molecule has 9 heteroatoms. The molecule has 2 atom stereocenters. The van der Waals surface area contributed by atoms with Gasteiger partial charge in [-0.15, -0.1) is 12.4 Å². The van der Waals surface area contributed by atoms with Crippen molar-refractivity contribution < 1.29 is 28.9 Å². The van der Waals surface area contributed by atoms with Gasteiger partial charge in [-0.25, -0.2) is 0 Å². The van der Waals surface area contributed by atoms with Crippen molar-refractivity contribution >= 4 is 35.5 Å². The number of nitrogens with zero attached hydrogens (tertiary/aromatic N) is 2. The normalized spacial score (nSPS) is 16.7. The topological polar surface area (TPSA) is 88.5 Å². The summed E-state index contributed by atoms with van der Waals surface area (Å²) in [6.45, 7) is 8.91. The van der Waals surface area contributed by atoms with Gasteiger partial charge in [0.15, 0.2) is 0 Å². The van der Waals surface area contributed by atoms with E-state index >= 15 is 0 Å². The van der Waals surface area contributed by atoms with Gasteiger partial charge in [0.1, 0.15) is 0 Å². The lowest BCUT2D eigenvalue weighted by molar-refractivity contribution is -0.150. The van der Waals surface area contributed by atoms with Gasteiger partial charge in [0.25, 0.3) is 0 Å². The van der Waals surface area contributed by atoms with Gasteiger partial charge in [-0.3, -0.25) is 9.59 Å². The first-order valence-corrected chi connectivity index (χ1v) is 20.2. The maximum atomic E-state index is 12.0. The smallest absolute Gasteiger partial charge is 0.310 e. The van der Waals surface area contributed by atoms with E-state index in [-0.39, 0.29) is 30.2 Å². The third-order valence-corrected chi connectivity index (χ3v) is 10.2. The summed E-state index contributed by atoms with van der Waals surface area (Å²) in [5.41, 5.74) is 6.71. The van der Waals surface area contributed by atoms with E-state index in [0.29, 0.717) is 26.4 Å². The molecular weight excluding hydrogens is 736 g/mol. The number of rotatable bonds is 17. The summed E-state index contributed by atoms with van der Waals surface area (Å²) >= 11 is 0. The molecule has 57 heavy (non-hydrogen) atoms. The molecule has 0 unspecified atom stereocenters. The van der Waals surface area contributed by atoms with E-state index in [4.69, 9.17) is 14.2 Å². The molecule has 2 fully saturated rings. The Morgan fingerprint density at radius 3 is 1.35 bits per heavy atom. The maximum Gasteiger partial charge on any atom is 0.310 e. The van der Waals surface area contributed by atoms with Crippen LogP contribution >= 0.6 is 12.4 Å². The third kappa shape index (κ3) is 15.2. The number of hydrogen-bond donors (Lipinski definition) is 1. The summed E-state index contributed by atoms with van der Waals surface area (Å²) in [4.78, 5) is 27.7. The fourth-order valence-corrected chi connectivity index (χ4v) is 7.28. The van der Waals surface area contributed by atoms with E-state index in [1.807, 2.05) is 92.2 Å². The Morgan fingerprint density at radius 1 is 0.614 bits per heavy atom. The van der Waals surface area contributed by atoms with Crippen molar-refractivity contribution in [3.05, 3.63) is 156 Å². The van der Waals surface area contributed by atoms with Gasteiger partial charge in [0.05, 0.1) is 44.2 Å². The second kappa shape index (κ2) is 25.4. The molecule has 0 aliphatic carbocycles. The molecule has 0 amide bonds. The highest BCUT2D eigenvalue weighted by molar-refractivity contribution is 5.85. The monoisotopic (exact) mass is 794 g/mol. The van der Waals surface area contributed by atoms with Crippen molar-refractivity contribution in [2.45, 2.75) is 45.4 Å². The molecule has 0 saturated carbocycles. The summed E-state index contributed by atoms with van der Waals surface area (Å²) in [5, 5.41) is 9.18. The van der Waals surface area contributed by atoms with Crippen LogP contribution in [0.15, 0.2) is 134 Å². The minimum atomic E-state index is -0.672. The van der Waals surface area contributed by atoms with E-state index in [1.165, 1.54) is 0 Å². The second-order valence-corrected chi connectivity index (χ2v) is 14.3. The number of piperidine rings is 2. The van der Waals surface area contributed by atoms with Crippen LogP contribution in [0.1, 0.15) is 67.7 Å². The van der Waals surface area contributed by atoms with E-state index in [2.05, 4.69) is 58.3 Å². The van der Waals surface area contributed by atoms with Crippen LogP contribution < -0.4 is 0 Å². The number of carbonyl (C=O) groups is 2. The molecule has 2 saturated heterocycles. The van der Waals surface area contributed by atoms with Crippen LogP contribution in [0, 0.1) is 11.8 Å². The van der Waals surface area contributed by atoms with Crippen molar-refractivity contribution in [3.8, 4) is 0 Å². The summed E-state index contributed by atoms with van der Waals surface area (Å²) in [7, 11) is 0. The fourth-order valence-electron chi connectivity index (χ4n) is 7.28. The predicted octanol–water partition coefficient (Wildman–Crippen LogP) is 9.46. The number of carboxylic acid groups (broad SMARTS) is 1. The third-order valence-electron chi connectivity index (χ3n) is 10.2. The SMILES string of the molecule is CCOC(=O)[C@@H]1CCCN(CCCOC=C(c2ccccc2)c2ccccc2)C1.Cl.O=C(O)[C@@H]1CCCN(CCCOC=C(c2ccccc2)c2ccccc2)C1. The Bertz CT molecular complexity index is 1710. The number of carboxylic acids is 1. The van der Waals surface area contributed by atoms with Crippen molar-refractivity contribution in [3.63, 3.8) is 0 Å². The highest BCUT2D eigenvalue weighted by Gasteiger charge is 2.27. The lowest BCUT2D eigenvalue weighted by atomic mass is 9.98. The van der Waals surface area contributed by atoms with E-state index in [1.54, 1.807) is 0 Å². The fraction of sp³-hybridized carbons (Fsp3) is 0.375. The van der Waals surface area contributed by atoms with Crippen LogP contribution in [-0.4, -0.2) is 85.9 Å². The molecule has 8 nitrogen and oxygen atoms in total. The quantitative estimate of drug-likeness (QED) is 0.0643. The van der Waals surface area contributed by atoms with Gasteiger partial charge < -0.3 is 29.1 Å². The molecule has 304 valence electrons. The number of esters is 1. The van der Waals surface area contributed by atoms with Crippen molar-refractivity contribution in [2.24, 2.45) is 11.8 Å². The van der Waals surface area contributed by atoms with Gasteiger partial charge in [-0.2, -0.15) is 0 Å². The van der Waals surface area contributed by atoms with Crippen LogP contribution in [0.5, 0.6) is 0 Å². The summed E-state index contributed by atoms with van der Waals surface area (Å²) < 4.78 is 17.0. The van der Waals surface area contributed by atoms with Gasteiger partial charge in [0.2, 0.25) is 0 Å². The number of likely N-dealkylation sites (tertiary alicyclic amines) is 2. The summed E-state index contributed by atoms with van der Waals surface area (Å²) in [6.07, 6.45) is 9.29. The van der Waals surface area contributed by atoms with Crippen molar-refractivity contribution in [1.82, 2.24) is 9.80 Å². The largest absolute Gasteiger partial charge is 0.500 e. The van der Waals surface area contributed by atoms with Crippen LogP contribution in [0.3, 0.4) is 0 Å². The Labute approximate surface area is 345 Å². The molecule has 0 spiro atoms. The molecular formula is C48H59ClN2O6. The van der Waals surface area contributed by atoms with Gasteiger partial charge in [-0.1, -0.05) is 121 Å². The molecule has 6 rings (SSSR count). The number of halogens is 1. The number of ether oxygens (including phenoxy) is 3. The van der Waals surface area contributed by atoms with E-state index in [9.17, 15) is 14.7 Å². The lowest BCUT2D eigenvalue weighted by Crippen LogP contribution is -2.40. The second-order valence-electron chi connectivity index (χ2n) is 14.3. The molecule has 0 radical (unpaired) electrons. The Hall–Kier alpha value is -4.89. The predicted molar refractivity (Wildman–Crippen MR) is 231 cm³/mol.